The van der Waals surface area contributed by atoms with E-state index in [4.69, 9.17) is 4.74 Å². The number of rotatable bonds is 6. The highest BCUT2D eigenvalue weighted by Crippen LogP contribution is 2.29. The minimum atomic E-state index is -0.0466. The molecule has 1 heterocycles. The van der Waals surface area contributed by atoms with E-state index in [0.29, 0.717) is 11.6 Å². The summed E-state index contributed by atoms with van der Waals surface area (Å²) in [4.78, 5) is 16.5. The van der Waals surface area contributed by atoms with Crippen molar-refractivity contribution < 1.29 is 9.53 Å². The molecule has 122 valence electrons. The summed E-state index contributed by atoms with van der Waals surface area (Å²) in [6.07, 6.45) is 2.04. The van der Waals surface area contributed by atoms with Gasteiger partial charge in [-0.05, 0) is 23.3 Å². The minimum absolute atomic E-state index is 0.0166. The molecule has 1 atom stereocenters. The zero-order valence-corrected chi connectivity index (χ0v) is 14.1. The van der Waals surface area contributed by atoms with Crippen LogP contribution in [-0.4, -0.2) is 18.0 Å². The molecule has 0 aliphatic carbocycles. The first-order valence-corrected chi connectivity index (χ1v) is 8.52. The van der Waals surface area contributed by atoms with Crippen molar-refractivity contribution in [3.8, 4) is 5.75 Å². The number of methoxy groups -OCH3 is 1. The Hall–Kier alpha value is -2.66. The fraction of sp³-hybridized carbons (Fsp3) is 0.158. The number of hydrogen-bond donors (Lipinski definition) is 1. The number of nitrogens with zero attached hydrogens (tertiary/aromatic N) is 1. The van der Waals surface area contributed by atoms with Crippen molar-refractivity contribution in [2.24, 2.45) is 0 Å². The Morgan fingerprint density at radius 3 is 2.46 bits per heavy atom. The van der Waals surface area contributed by atoms with Gasteiger partial charge in [0.15, 0.2) is 5.13 Å². The molecule has 0 bridgehead atoms. The van der Waals surface area contributed by atoms with Gasteiger partial charge in [0.2, 0.25) is 5.91 Å². The van der Waals surface area contributed by atoms with Crippen LogP contribution in [0.3, 0.4) is 0 Å². The molecule has 4 nitrogen and oxygen atoms in total. The Kier molecular flexibility index (Phi) is 5.23. The Balaban J connectivity index is 1.83. The molecule has 0 spiro atoms. The predicted molar refractivity (Wildman–Crippen MR) is 96.6 cm³/mol. The van der Waals surface area contributed by atoms with Gasteiger partial charge >= 0.3 is 0 Å². The maximum atomic E-state index is 12.4. The molecule has 1 unspecified atom stereocenters. The number of carbonyl (C=O) groups is 1. The van der Waals surface area contributed by atoms with Crippen LogP contribution in [0.15, 0.2) is 66.2 Å². The molecule has 0 aliphatic heterocycles. The van der Waals surface area contributed by atoms with E-state index in [1.54, 1.807) is 13.3 Å². The summed E-state index contributed by atoms with van der Waals surface area (Å²) in [7, 11) is 1.64. The molecule has 3 aromatic rings. The fourth-order valence-corrected chi connectivity index (χ4v) is 3.14. The van der Waals surface area contributed by atoms with Crippen LogP contribution in [0.5, 0.6) is 5.75 Å². The van der Waals surface area contributed by atoms with Gasteiger partial charge in [0.1, 0.15) is 5.75 Å². The van der Waals surface area contributed by atoms with E-state index in [1.165, 1.54) is 11.3 Å². The number of benzene rings is 2. The van der Waals surface area contributed by atoms with E-state index in [0.717, 1.165) is 16.9 Å². The molecule has 3 rings (SSSR count). The third-order valence-corrected chi connectivity index (χ3v) is 4.48. The van der Waals surface area contributed by atoms with Crippen molar-refractivity contribution in [2.45, 2.75) is 12.3 Å². The van der Waals surface area contributed by atoms with E-state index in [-0.39, 0.29) is 11.8 Å². The molecule has 2 aromatic carbocycles. The second-order valence-electron chi connectivity index (χ2n) is 5.33. The van der Waals surface area contributed by atoms with E-state index in [1.807, 2.05) is 60.0 Å². The van der Waals surface area contributed by atoms with Gasteiger partial charge in [-0.2, -0.15) is 0 Å². The van der Waals surface area contributed by atoms with Gasteiger partial charge in [-0.15, -0.1) is 11.3 Å². The average molecular weight is 338 g/mol. The van der Waals surface area contributed by atoms with Crippen molar-refractivity contribution in [1.82, 2.24) is 4.98 Å². The van der Waals surface area contributed by atoms with Crippen molar-refractivity contribution in [2.75, 3.05) is 12.4 Å². The van der Waals surface area contributed by atoms with Gasteiger partial charge in [-0.3, -0.25) is 4.79 Å². The molecular formula is C19H18N2O2S. The highest BCUT2D eigenvalue weighted by molar-refractivity contribution is 7.13. The molecule has 0 saturated carbocycles. The Morgan fingerprint density at radius 1 is 1.12 bits per heavy atom. The maximum Gasteiger partial charge on any atom is 0.227 e. The second-order valence-corrected chi connectivity index (χ2v) is 6.22. The lowest BCUT2D eigenvalue weighted by Crippen LogP contribution is -2.16. The van der Waals surface area contributed by atoms with Crippen LogP contribution in [0, 0.1) is 0 Å². The zero-order chi connectivity index (χ0) is 16.8. The molecule has 1 N–H and O–H groups in total. The quantitative estimate of drug-likeness (QED) is 0.728. The van der Waals surface area contributed by atoms with Crippen molar-refractivity contribution in [1.29, 1.82) is 0 Å². The number of carbonyl (C=O) groups excluding carboxylic acids is 1. The number of ether oxygens (including phenoxy) is 1. The van der Waals surface area contributed by atoms with Gasteiger partial charge in [0.25, 0.3) is 0 Å². The fourth-order valence-electron chi connectivity index (χ4n) is 2.59. The van der Waals surface area contributed by atoms with E-state index < -0.39 is 0 Å². The van der Waals surface area contributed by atoms with Crippen molar-refractivity contribution >= 4 is 22.4 Å². The summed E-state index contributed by atoms with van der Waals surface area (Å²) in [6, 6.07) is 17.9. The first-order chi connectivity index (χ1) is 11.8. The van der Waals surface area contributed by atoms with Gasteiger partial charge in [0.05, 0.1) is 7.11 Å². The Morgan fingerprint density at radius 2 is 1.83 bits per heavy atom. The first kappa shape index (κ1) is 16.2. The van der Waals surface area contributed by atoms with Gasteiger partial charge in [-0.25, -0.2) is 4.98 Å². The van der Waals surface area contributed by atoms with Crippen molar-refractivity contribution in [3.05, 3.63) is 77.3 Å². The summed E-state index contributed by atoms with van der Waals surface area (Å²) in [6.45, 7) is 0. The molecular weight excluding hydrogens is 320 g/mol. The topological polar surface area (TPSA) is 51.2 Å². The molecule has 1 amide bonds. The normalized spacial score (nSPS) is 11.7. The molecule has 1 aromatic heterocycles. The molecule has 0 aliphatic rings. The van der Waals surface area contributed by atoms with E-state index >= 15 is 0 Å². The third-order valence-electron chi connectivity index (χ3n) is 3.79. The monoisotopic (exact) mass is 338 g/mol. The number of aromatic nitrogens is 1. The van der Waals surface area contributed by atoms with Crippen LogP contribution in [0.4, 0.5) is 5.13 Å². The SMILES string of the molecule is COc1ccc(C(CC(=O)Nc2nccs2)c2ccccc2)cc1. The molecule has 5 heteroatoms. The summed E-state index contributed by atoms with van der Waals surface area (Å²) < 4.78 is 5.22. The number of nitrogens with one attached hydrogen (secondary N) is 1. The van der Waals surface area contributed by atoms with Crippen LogP contribution >= 0.6 is 11.3 Å². The van der Waals surface area contributed by atoms with Gasteiger partial charge in [-0.1, -0.05) is 42.5 Å². The van der Waals surface area contributed by atoms with Gasteiger partial charge < -0.3 is 10.1 Å². The predicted octanol–water partition coefficient (Wildman–Crippen LogP) is 4.31. The van der Waals surface area contributed by atoms with Crippen LogP contribution in [0.1, 0.15) is 23.5 Å². The van der Waals surface area contributed by atoms with E-state index in [2.05, 4.69) is 10.3 Å². The lowest BCUT2D eigenvalue weighted by molar-refractivity contribution is -0.116. The van der Waals surface area contributed by atoms with Gasteiger partial charge in [0, 0.05) is 23.9 Å². The summed E-state index contributed by atoms with van der Waals surface area (Å²) in [5.41, 5.74) is 2.19. The maximum absolute atomic E-state index is 12.4. The summed E-state index contributed by atoms with van der Waals surface area (Å²) >= 11 is 1.42. The minimum Gasteiger partial charge on any atom is -0.497 e. The highest BCUT2D eigenvalue weighted by Gasteiger charge is 2.19. The number of anilines is 1. The average Bonchev–Trinajstić information content (AvgIpc) is 3.13. The van der Waals surface area contributed by atoms with Crippen LogP contribution < -0.4 is 10.1 Å². The first-order valence-electron chi connectivity index (χ1n) is 7.64. The lowest BCUT2D eigenvalue weighted by Gasteiger charge is -2.18. The van der Waals surface area contributed by atoms with Crippen molar-refractivity contribution in [3.63, 3.8) is 0 Å². The zero-order valence-electron chi connectivity index (χ0n) is 13.3. The summed E-state index contributed by atoms with van der Waals surface area (Å²) in [5.74, 6) is 0.740. The number of hydrogen-bond acceptors (Lipinski definition) is 4. The third kappa shape index (κ3) is 4.00. The summed E-state index contributed by atoms with van der Waals surface area (Å²) in [5, 5.41) is 5.33. The number of thiazole rings is 1. The molecule has 0 radical (unpaired) electrons. The largest absolute Gasteiger partial charge is 0.497 e. The van der Waals surface area contributed by atoms with E-state index in [9.17, 15) is 4.79 Å². The number of amides is 1. The molecule has 0 saturated heterocycles. The molecule has 24 heavy (non-hydrogen) atoms. The van der Waals surface area contributed by atoms with Crippen LogP contribution in [0.25, 0.3) is 0 Å². The standard InChI is InChI=1S/C19H18N2O2S/c1-23-16-9-7-15(8-10-16)17(14-5-3-2-4-6-14)13-18(22)21-19-20-11-12-24-19/h2-12,17H,13H2,1H3,(H,20,21,22). The Bertz CT molecular complexity index is 771. The highest BCUT2D eigenvalue weighted by atomic mass is 32.1. The van der Waals surface area contributed by atoms with Crippen LogP contribution in [-0.2, 0) is 4.79 Å². The molecule has 0 fully saturated rings. The smallest absolute Gasteiger partial charge is 0.227 e. The second kappa shape index (κ2) is 7.75. The van der Waals surface area contributed by atoms with Crippen LogP contribution in [0.2, 0.25) is 0 Å². The lowest BCUT2D eigenvalue weighted by atomic mass is 9.88. The Labute approximate surface area is 145 Å².